The lowest BCUT2D eigenvalue weighted by Crippen LogP contribution is -2.27. The molecule has 0 bridgehead atoms. The number of hydrogen-bond donors (Lipinski definition) is 1. The molecule has 2 aromatic heterocycles. The van der Waals surface area contributed by atoms with Crippen LogP contribution < -0.4 is 10.2 Å². The molecule has 1 aliphatic heterocycles. The monoisotopic (exact) mass is 633 g/mol. The van der Waals surface area contributed by atoms with Gasteiger partial charge in [0.25, 0.3) is 0 Å². The first kappa shape index (κ1) is 33.7. The molecular formula is C35H47N5O6. The van der Waals surface area contributed by atoms with E-state index in [2.05, 4.69) is 39.5 Å². The van der Waals surface area contributed by atoms with Crippen LogP contribution in [0.2, 0.25) is 0 Å². The standard InChI is InChI=1S/C35H47N5O6/c1-2-42-17-18-44-21-22-45-20-19-43-16-12-34(41)46-26-30-23-29(30)25-37-32-24-33(39-35(38-32)31-9-5-6-13-36-31)40-14-10-27-7-3-4-8-28(27)11-15-40/h3-9,13,24,29-30H,2,10-12,14-23,25-26H2,1H3,(H,37,38,39). The van der Waals surface area contributed by atoms with Gasteiger partial charge in [-0.15, -0.1) is 0 Å². The fraction of sp³-hybridized carbons (Fsp3) is 0.543. The molecular weight excluding hydrogens is 586 g/mol. The summed E-state index contributed by atoms with van der Waals surface area (Å²) >= 11 is 0. The number of nitrogens with one attached hydrogen (secondary N) is 1. The van der Waals surface area contributed by atoms with Gasteiger partial charge in [-0.25, -0.2) is 9.97 Å². The molecule has 248 valence electrons. The molecule has 0 spiro atoms. The average Bonchev–Trinajstić information content (AvgIpc) is 3.89. The van der Waals surface area contributed by atoms with E-state index in [-0.39, 0.29) is 12.4 Å². The molecule has 0 saturated heterocycles. The minimum Gasteiger partial charge on any atom is -0.465 e. The molecule has 0 radical (unpaired) electrons. The van der Waals surface area contributed by atoms with Gasteiger partial charge in [0.05, 0.1) is 59.3 Å². The van der Waals surface area contributed by atoms with Crippen LogP contribution in [0.5, 0.6) is 0 Å². The summed E-state index contributed by atoms with van der Waals surface area (Å²) < 4.78 is 27.1. The molecule has 1 fully saturated rings. The third kappa shape index (κ3) is 11.0. The Kier molecular flexibility index (Phi) is 13.6. The van der Waals surface area contributed by atoms with Gasteiger partial charge in [0.1, 0.15) is 17.3 Å². The van der Waals surface area contributed by atoms with E-state index >= 15 is 0 Å². The summed E-state index contributed by atoms with van der Waals surface area (Å²) in [4.78, 5) is 28.8. The molecule has 1 aliphatic carbocycles. The van der Waals surface area contributed by atoms with Crippen LogP contribution in [0.4, 0.5) is 11.6 Å². The maximum absolute atomic E-state index is 12.2. The van der Waals surface area contributed by atoms with Crippen molar-refractivity contribution in [2.75, 3.05) is 89.3 Å². The van der Waals surface area contributed by atoms with Crippen molar-refractivity contribution in [3.8, 4) is 11.5 Å². The Balaban J connectivity index is 1.01. The Labute approximate surface area is 272 Å². The number of pyridine rings is 1. The zero-order chi connectivity index (χ0) is 31.8. The van der Waals surface area contributed by atoms with Crippen molar-refractivity contribution < 1.29 is 28.5 Å². The highest BCUT2D eigenvalue weighted by molar-refractivity contribution is 5.69. The van der Waals surface area contributed by atoms with Crippen molar-refractivity contribution in [3.05, 3.63) is 65.9 Å². The second kappa shape index (κ2) is 18.5. The number of esters is 1. The number of rotatable bonds is 20. The third-order valence-corrected chi connectivity index (χ3v) is 8.19. The number of benzene rings is 1. The average molecular weight is 634 g/mol. The summed E-state index contributed by atoms with van der Waals surface area (Å²) in [6, 6.07) is 16.5. The summed E-state index contributed by atoms with van der Waals surface area (Å²) in [7, 11) is 0. The fourth-order valence-corrected chi connectivity index (χ4v) is 5.43. The summed E-state index contributed by atoms with van der Waals surface area (Å²) in [6.45, 7) is 9.05. The van der Waals surface area contributed by atoms with E-state index in [0.717, 1.165) is 56.2 Å². The van der Waals surface area contributed by atoms with Crippen molar-refractivity contribution >= 4 is 17.6 Å². The molecule has 3 heterocycles. The number of nitrogens with zero attached hydrogens (tertiary/aromatic N) is 4. The van der Waals surface area contributed by atoms with Gasteiger partial charge in [-0.1, -0.05) is 30.3 Å². The second-order valence-corrected chi connectivity index (χ2v) is 11.5. The summed E-state index contributed by atoms with van der Waals surface area (Å²) in [5, 5.41) is 3.53. The molecule has 1 N–H and O–H groups in total. The Morgan fingerprint density at radius 2 is 1.52 bits per heavy atom. The minimum atomic E-state index is -0.234. The molecule has 2 aliphatic rings. The first-order valence-electron chi connectivity index (χ1n) is 16.5. The van der Waals surface area contributed by atoms with E-state index in [0.29, 0.717) is 77.1 Å². The molecule has 2 atom stereocenters. The van der Waals surface area contributed by atoms with Crippen LogP contribution in [0.3, 0.4) is 0 Å². The highest BCUT2D eigenvalue weighted by atomic mass is 16.6. The van der Waals surface area contributed by atoms with Crippen molar-refractivity contribution in [2.45, 2.75) is 32.6 Å². The van der Waals surface area contributed by atoms with E-state index in [9.17, 15) is 4.79 Å². The molecule has 1 saturated carbocycles. The van der Waals surface area contributed by atoms with Gasteiger partial charge < -0.3 is 33.9 Å². The second-order valence-electron chi connectivity index (χ2n) is 11.5. The van der Waals surface area contributed by atoms with Crippen LogP contribution in [-0.2, 0) is 41.3 Å². The van der Waals surface area contributed by atoms with Crippen molar-refractivity contribution in [2.24, 2.45) is 11.8 Å². The predicted molar refractivity (Wildman–Crippen MR) is 176 cm³/mol. The lowest BCUT2D eigenvalue weighted by molar-refractivity contribution is -0.145. The minimum absolute atomic E-state index is 0.234. The van der Waals surface area contributed by atoms with Crippen LogP contribution in [0.15, 0.2) is 54.7 Å². The molecule has 11 heteroatoms. The van der Waals surface area contributed by atoms with Crippen LogP contribution >= 0.6 is 0 Å². The predicted octanol–water partition coefficient (Wildman–Crippen LogP) is 4.21. The summed E-state index contributed by atoms with van der Waals surface area (Å²) in [6.07, 6.45) is 4.98. The van der Waals surface area contributed by atoms with Crippen molar-refractivity contribution in [1.29, 1.82) is 0 Å². The molecule has 3 aromatic rings. The van der Waals surface area contributed by atoms with Gasteiger partial charge >= 0.3 is 5.97 Å². The van der Waals surface area contributed by atoms with Gasteiger partial charge in [-0.3, -0.25) is 9.78 Å². The summed E-state index contributed by atoms with van der Waals surface area (Å²) in [5.41, 5.74) is 3.57. The lowest BCUT2D eigenvalue weighted by atomic mass is 10.0. The number of carbonyl (C=O) groups excluding carboxylic acids is 1. The normalized spacial score (nSPS) is 17.3. The van der Waals surface area contributed by atoms with Gasteiger partial charge in [0, 0.05) is 38.5 Å². The lowest BCUT2D eigenvalue weighted by Gasteiger charge is -2.22. The van der Waals surface area contributed by atoms with Gasteiger partial charge in [0.2, 0.25) is 0 Å². The van der Waals surface area contributed by atoms with E-state index in [1.807, 2.05) is 31.2 Å². The fourth-order valence-electron chi connectivity index (χ4n) is 5.43. The SMILES string of the molecule is CCOCCOCCOCCOCCC(=O)OCC1CC1CNc1cc(N2CCc3ccccc3CC2)nc(-c2ccccn2)n1. The zero-order valence-electron chi connectivity index (χ0n) is 26.9. The molecule has 11 nitrogen and oxygen atoms in total. The van der Waals surface area contributed by atoms with Crippen LogP contribution in [-0.4, -0.2) is 100 Å². The van der Waals surface area contributed by atoms with Crippen molar-refractivity contribution in [3.63, 3.8) is 0 Å². The summed E-state index contributed by atoms with van der Waals surface area (Å²) in [5.74, 6) is 2.84. The van der Waals surface area contributed by atoms with E-state index in [1.165, 1.54) is 11.1 Å². The van der Waals surface area contributed by atoms with Crippen LogP contribution in [0.25, 0.3) is 11.5 Å². The smallest absolute Gasteiger partial charge is 0.308 e. The molecule has 1 aromatic carbocycles. The molecule has 5 rings (SSSR count). The largest absolute Gasteiger partial charge is 0.465 e. The van der Waals surface area contributed by atoms with E-state index < -0.39 is 0 Å². The first-order valence-corrected chi connectivity index (χ1v) is 16.5. The van der Waals surface area contributed by atoms with E-state index in [1.54, 1.807) is 6.20 Å². The number of carbonyl (C=O) groups is 1. The highest BCUT2D eigenvalue weighted by Gasteiger charge is 2.37. The molecule has 0 amide bonds. The maximum atomic E-state index is 12.2. The Morgan fingerprint density at radius 3 is 2.20 bits per heavy atom. The molecule has 2 unspecified atom stereocenters. The number of ether oxygens (including phenoxy) is 5. The van der Waals surface area contributed by atoms with Crippen molar-refractivity contribution in [1.82, 2.24) is 15.0 Å². The number of anilines is 2. The Bertz CT molecular complexity index is 1320. The maximum Gasteiger partial charge on any atom is 0.308 e. The van der Waals surface area contributed by atoms with Crippen LogP contribution in [0, 0.1) is 11.8 Å². The Morgan fingerprint density at radius 1 is 0.848 bits per heavy atom. The van der Waals surface area contributed by atoms with Gasteiger partial charge in [-0.05, 0) is 61.3 Å². The topological polar surface area (TPSA) is 117 Å². The zero-order valence-corrected chi connectivity index (χ0v) is 26.9. The highest BCUT2D eigenvalue weighted by Crippen LogP contribution is 2.39. The third-order valence-electron chi connectivity index (χ3n) is 8.19. The van der Waals surface area contributed by atoms with Gasteiger partial charge in [0.15, 0.2) is 5.82 Å². The molecule has 46 heavy (non-hydrogen) atoms. The van der Waals surface area contributed by atoms with E-state index in [4.69, 9.17) is 33.7 Å². The van der Waals surface area contributed by atoms with Gasteiger partial charge in [-0.2, -0.15) is 0 Å². The quantitative estimate of drug-likeness (QED) is 0.142. The number of hydrogen-bond acceptors (Lipinski definition) is 11. The Hall–Kier alpha value is -3.64. The number of aromatic nitrogens is 3. The number of fused-ring (bicyclic) bond motifs is 1. The first-order chi connectivity index (χ1) is 22.7. The van der Waals surface area contributed by atoms with Crippen LogP contribution in [0.1, 0.15) is 30.9 Å².